The maximum atomic E-state index is 11.3. The van der Waals surface area contributed by atoms with Gasteiger partial charge in [-0.3, -0.25) is 4.79 Å². The molecule has 3 heteroatoms. The summed E-state index contributed by atoms with van der Waals surface area (Å²) < 4.78 is 4.73. The fourth-order valence-corrected chi connectivity index (χ4v) is 2.40. The van der Waals surface area contributed by atoms with Crippen molar-refractivity contribution in [2.45, 2.75) is 25.8 Å². The van der Waals surface area contributed by atoms with Crippen molar-refractivity contribution in [3.8, 4) is 0 Å². The van der Waals surface area contributed by atoms with E-state index in [0.29, 0.717) is 5.92 Å². The zero-order valence-corrected chi connectivity index (χ0v) is 7.59. The van der Waals surface area contributed by atoms with Gasteiger partial charge in [-0.05, 0) is 18.8 Å². The third-order valence-electron chi connectivity index (χ3n) is 3.67. The number of ether oxygens (including phenoxy) is 1. The van der Waals surface area contributed by atoms with Crippen LogP contribution >= 0.6 is 0 Å². The number of nitrogens with one attached hydrogen (secondary N) is 1. The van der Waals surface area contributed by atoms with E-state index in [0.717, 1.165) is 6.54 Å². The van der Waals surface area contributed by atoms with Crippen LogP contribution in [0.5, 0.6) is 0 Å². The predicted octanol–water partition coefficient (Wildman–Crippen LogP) is 0.547. The quantitative estimate of drug-likeness (QED) is 0.582. The molecule has 2 fully saturated rings. The molecule has 12 heavy (non-hydrogen) atoms. The standard InChI is InChI=1S/C9H15NO2/c1-6-3-4-9(6)5-10-7(9)8(11)12-2/h6-7,10H,3-5H2,1-2H3/t6-,7+,9-/m1/s1. The molecule has 0 amide bonds. The Kier molecular flexibility index (Phi) is 1.65. The van der Waals surface area contributed by atoms with Crippen LogP contribution in [0.4, 0.5) is 0 Å². The van der Waals surface area contributed by atoms with E-state index in [1.807, 2.05) is 0 Å². The van der Waals surface area contributed by atoms with Crippen molar-refractivity contribution in [2.75, 3.05) is 13.7 Å². The zero-order chi connectivity index (χ0) is 8.77. The van der Waals surface area contributed by atoms with E-state index in [9.17, 15) is 4.79 Å². The second-order valence-corrected chi connectivity index (χ2v) is 4.01. The summed E-state index contributed by atoms with van der Waals surface area (Å²) in [6, 6.07) is -0.0220. The summed E-state index contributed by atoms with van der Waals surface area (Å²) in [5.74, 6) is 0.593. The summed E-state index contributed by atoms with van der Waals surface area (Å²) >= 11 is 0. The van der Waals surface area contributed by atoms with E-state index in [4.69, 9.17) is 4.74 Å². The van der Waals surface area contributed by atoms with Crippen LogP contribution in [0.3, 0.4) is 0 Å². The van der Waals surface area contributed by atoms with Crippen molar-refractivity contribution in [2.24, 2.45) is 11.3 Å². The van der Waals surface area contributed by atoms with Crippen LogP contribution in [-0.4, -0.2) is 25.7 Å². The number of esters is 1. The lowest BCUT2D eigenvalue weighted by Gasteiger charge is -2.59. The summed E-state index contributed by atoms with van der Waals surface area (Å²) in [7, 11) is 1.46. The maximum absolute atomic E-state index is 11.3. The highest BCUT2D eigenvalue weighted by Crippen LogP contribution is 2.53. The van der Waals surface area contributed by atoms with E-state index in [2.05, 4.69) is 12.2 Å². The van der Waals surface area contributed by atoms with Gasteiger partial charge in [0.05, 0.1) is 7.11 Å². The minimum atomic E-state index is -0.0900. The van der Waals surface area contributed by atoms with Gasteiger partial charge in [-0.1, -0.05) is 6.92 Å². The Morgan fingerprint density at radius 2 is 2.42 bits per heavy atom. The van der Waals surface area contributed by atoms with Gasteiger partial charge in [-0.25, -0.2) is 0 Å². The van der Waals surface area contributed by atoms with Crippen LogP contribution in [0.25, 0.3) is 0 Å². The van der Waals surface area contributed by atoms with Gasteiger partial charge in [0, 0.05) is 12.0 Å². The fourth-order valence-electron chi connectivity index (χ4n) is 2.40. The molecule has 0 aromatic rings. The van der Waals surface area contributed by atoms with Gasteiger partial charge in [-0.15, -0.1) is 0 Å². The van der Waals surface area contributed by atoms with Crippen LogP contribution < -0.4 is 5.32 Å². The molecule has 68 valence electrons. The molecule has 0 aromatic carbocycles. The first-order valence-corrected chi connectivity index (χ1v) is 4.52. The van der Waals surface area contributed by atoms with Gasteiger partial charge in [0.15, 0.2) is 0 Å². The summed E-state index contributed by atoms with van der Waals surface area (Å²) in [4.78, 5) is 11.3. The molecule has 0 bridgehead atoms. The van der Waals surface area contributed by atoms with Crippen molar-refractivity contribution in [1.29, 1.82) is 0 Å². The molecule has 2 rings (SSSR count). The van der Waals surface area contributed by atoms with Crippen molar-refractivity contribution in [3.05, 3.63) is 0 Å². The molecule has 1 heterocycles. The molecule has 1 aliphatic heterocycles. The van der Waals surface area contributed by atoms with Gasteiger partial charge >= 0.3 is 5.97 Å². The minimum absolute atomic E-state index is 0.0220. The number of methoxy groups -OCH3 is 1. The normalized spacial score (nSPS) is 44.8. The monoisotopic (exact) mass is 169 g/mol. The van der Waals surface area contributed by atoms with Gasteiger partial charge in [-0.2, -0.15) is 0 Å². The average Bonchev–Trinajstić information content (AvgIpc) is 2.00. The van der Waals surface area contributed by atoms with Gasteiger partial charge in [0.2, 0.25) is 0 Å². The van der Waals surface area contributed by atoms with Gasteiger partial charge in [0.25, 0.3) is 0 Å². The van der Waals surface area contributed by atoms with E-state index >= 15 is 0 Å². The third-order valence-corrected chi connectivity index (χ3v) is 3.67. The highest BCUT2D eigenvalue weighted by Gasteiger charge is 2.58. The molecule has 1 N–H and O–H groups in total. The van der Waals surface area contributed by atoms with Crippen LogP contribution in [-0.2, 0) is 9.53 Å². The van der Waals surface area contributed by atoms with Crippen molar-refractivity contribution in [3.63, 3.8) is 0 Å². The lowest BCUT2D eigenvalue weighted by molar-refractivity contribution is -0.162. The molecular weight excluding hydrogens is 154 g/mol. The number of hydrogen-bond donors (Lipinski definition) is 1. The van der Waals surface area contributed by atoms with Crippen molar-refractivity contribution < 1.29 is 9.53 Å². The number of hydrogen-bond acceptors (Lipinski definition) is 3. The molecule has 1 aliphatic carbocycles. The average molecular weight is 169 g/mol. The maximum Gasteiger partial charge on any atom is 0.323 e. The van der Waals surface area contributed by atoms with Crippen LogP contribution in [0.15, 0.2) is 0 Å². The van der Waals surface area contributed by atoms with Gasteiger partial charge < -0.3 is 10.1 Å². The minimum Gasteiger partial charge on any atom is -0.468 e. The Labute approximate surface area is 72.5 Å². The van der Waals surface area contributed by atoms with E-state index in [1.54, 1.807) is 0 Å². The second kappa shape index (κ2) is 2.46. The third kappa shape index (κ3) is 0.774. The SMILES string of the molecule is COC(=O)[C@@H]1NC[C@@]12CC[C@H]2C. The highest BCUT2D eigenvalue weighted by atomic mass is 16.5. The number of carbonyl (C=O) groups is 1. The summed E-state index contributed by atoms with van der Waals surface area (Å²) in [5, 5.41) is 3.14. The Bertz CT molecular complexity index is 213. The Hall–Kier alpha value is -0.570. The number of carbonyl (C=O) groups excluding carboxylic acids is 1. The number of rotatable bonds is 1. The molecule has 1 saturated heterocycles. The van der Waals surface area contributed by atoms with Crippen LogP contribution in [0, 0.1) is 11.3 Å². The zero-order valence-electron chi connectivity index (χ0n) is 7.59. The molecule has 0 unspecified atom stereocenters. The molecule has 2 aliphatic rings. The lowest BCUT2D eigenvalue weighted by Crippen LogP contribution is -2.72. The summed E-state index contributed by atoms with van der Waals surface area (Å²) in [5.41, 5.74) is 0.257. The molecule has 0 aromatic heterocycles. The first kappa shape index (κ1) is 8.05. The first-order valence-electron chi connectivity index (χ1n) is 4.52. The Balaban J connectivity index is 2.05. The van der Waals surface area contributed by atoms with Gasteiger partial charge in [0.1, 0.15) is 6.04 Å². The topological polar surface area (TPSA) is 38.3 Å². The molecular formula is C9H15NO2. The van der Waals surface area contributed by atoms with Crippen molar-refractivity contribution in [1.82, 2.24) is 5.32 Å². The first-order chi connectivity index (χ1) is 5.70. The van der Waals surface area contributed by atoms with E-state index in [1.165, 1.54) is 20.0 Å². The predicted molar refractivity (Wildman–Crippen MR) is 44.6 cm³/mol. The van der Waals surface area contributed by atoms with Crippen LogP contribution in [0.1, 0.15) is 19.8 Å². The van der Waals surface area contributed by atoms with E-state index in [-0.39, 0.29) is 17.4 Å². The molecule has 3 nitrogen and oxygen atoms in total. The highest BCUT2D eigenvalue weighted by molar-refractivity contribution is 5.78. The summed E-state index contributed by atoms with van der Waals surface area (Å²) in [6.07, 6.45) is 2.44. The Morgan fingerprint density at radius 3 is 2.67 bits per heavy atom. The summed E-state index contributed by atoms with van der Waals surface area (Å²) in [6.45, 7) is 3.22. The lowest BCUT2D eigenvalue weighted by atomic mass is 9.53. The Morgan fingerprint density at radius 1 is 1.67 bits per heavy atom. The fraction of sp³-hybridized carbons (Fsp3) is 0.889. The molecule has 1 spiro atoms. The molecule has 1 saturated carbocycles. The molecule has 3 atom stereocenters. The smallest absolute Gasteiger partial charge is 0.323 e. The van der Waals surface area contributed by atoms with E-state index < -0.39 is 0 Å². The van der Waals surface area contributed by atoms with Crippen molar-refractivity contribution >= 4 is 5.97 Å². The molecule has 0 radical (unpaired) electrons. The largest absolute Gasteiger partial charge is 0.468 e. The second-order valence-electron chi connectivity index (χ2n) is 4.01. The van der Waals surface area contributed by atoms with Crippen LogP contribution in [0.2, 0.25) is 0 Å².